The van der Waals surface area contributed by atoms with Crippen molar-refractivity contribution in [2.75, 3.05) is 26.2 Å². The molecule has 2 aromatic rings. The largest absolute Gasteiger partial charge is 0.339 e. The van der Waals surface area contributed by atoms with E-state index in [1.807, 2.05) is 23.1 Å². The lowest BCUT2D eigenvalue weighted by atomic mass is 10.1. The minimum Gasteiger partial charge on any atom is -0.339 e. The van der Waals surface area contributed by atoms with E-state index in [-0.39, 0.29) is 24.2 Å². The SMILES string of the molecule is Cl.NCc1nc(C(=O)N2CCN(C(=O)CCCc3ccccc3)CC2)cs1. The number of thiazole rings is 1. The molecule has 1 aromatic carbocycles. The number of nitrogens with two attached hydrogens (primary N) is 1. The molecule has 8 heteroatoms. The number of carbonyl (C=O) groups is 2. The molecule has 1 saturated heterocycles. The molecule has 6 nitrogen and oxygen atoms in total. The molecule has 146 valence electrons. The fourth-order valence-electron chi connectivity index (χ4n) is 3.07. The summed E-state index contributed by atoms with van der Waals surface area (Å²) in [6, 6.07) is 10.2. The molecule has 0 radical (unpaired) electrons. The summed E-state index contributed by atoms with van der Waals surface area (Å²) < 4.78 is 0. The van der Waals surface area contributed by atoms with Gasteiger partial charge in [-0.1, -0.05) is 30.3 Å². The van der Waals surface area contributed by atoms with Crippen molar-refractivity contribution in [1.29, 1.82) is 0 Å². The van der Waals surface area contributed by atoms with Crippen LogP contribution in [0.5, 0.6) is 0 Å². The van der Waals surface area contributed by atoms with Gasteiger partial charge in [-0.25, -0.2) is 4.98 Å². The van der Waals surface area contributed by atoms with Gasteiger partial charge in [0.1, 0.15) is 10.7 Å². The average molecular weight is 409 g/mol. The first-order chi connectivity index (χ1) is 12.7. The van der Waals surface area contributed by atoms with Crippen molar-refractivity contribution in [3.63, 3.8) is 0 Å². The molecule has 0 atom stereocenters. The summed E-state index contributed by atoms with van der Waals surface area (Å²) >= 11 is 1.41. The van der Waals surface area contributed by atoms with Gasteiger partial charge in [0.2, 0.25) is 5.91 Å². The predicted molar refractivity (Wildman–Crippen MR) is 109 cm³/mol. The molecule has 0 spiro atoms. The van der Waals surface area contributed by atoms with Gasteiger partial charge in [0.25, 0.3) is 5.91 Å². The fourth-order valence-corrected chi connectivity index (χ4v) is 3.72. The lowest BCUT2D eigenvalue weighted by molar-refractivity contribution is -0.132. The van der Waals surface area contributed by atoms with E-state index in [1.54, 1.807) is 10.3 Å². The summed E-state index contributed by atoms with van der Waals surface area (Å²) in [7, 11) is 0. The van der Waals surface area contributed by atoms with Gasteiger partial charge in [-0.15, -0.1) is 23.7 Å². The van der Waals surface area contributed by atoms with E-state index in [2.05, 4.69) is 17.1 Å². The van der Waals surface area contributed by atoms with Crippen LogP contribution < -0.4 is 5.73 Å². The first-order valence-electron chi connectivity index (χ1n) is 8.93. The van der Waals surface area contributed by atoms with Crippen molar-refractivity contribution >= 4 is 35.6 Å². The molecule has 0 saturated carbocycles. The van der Waals surface area contributed by atoms with Crippen molar-refractivity contribution in [1.82, 2.24) is 14.8 Å². The molecule has 2 heterocycles. The number of piperazine rings is 1. The maximum Gasteiger partial charge on any atom is 0.273 e. The highest BCUT2D eigenvalue weighted by Gasteiger charge is 2.25. The van der Waals surface area contributed by atoms with Gasteiger partial charge in [-0.2, -0.15) is 0 Å². The zero-order chi connectivity index (χ0) is 18.4. The lowest BCUT2D eigenvalue weighted by Gasteiger charge is -2.34. The van der Waals surface area contributed by atoms with Gasteiger partial charge < -0.3 is 15.5 Å². The van der Waals surface area contributed by atoms with Gasteiger partial charge in [0.05, 0.1) is 0 Å². The molecule has 1 fully saturated rings. The van der Waals surface area contributed by atoms with E-state index < -0.39 is 0 Å². The number of benzene rings is 1. The van der Waals surface area contributed by atoms with Crippen molar-refractivity contribution in [2.24, 2.45) is 5.73 Å². The summed E-state index contributed by atoms with van der Waals surface area (Å²) in [5, 5.41) is 2.52. The molecule has 0 aliphatic carbocycles. The number of rotatable bonds is 6. The zero-order valence-corrected chi connectivity index (χ0v) is 16.8. The lowest BCUT2D eigenvalue weighted by Crippen LogP contribution is -2.50. The van der Waals surface area contributed by atoms with Crippen LogP contribution in [-0.4, -0.2) is 52.8 Å². The molecular formula is C19H25ClN4O2S. The number of nitrogens with zero attached hydrogens (tertiary/aromatic N) is 3. The highest BCUT2D eigenvalue weighted by atomic mass is 35.5. The smallest absolute Gasteiger partial charge is 0.273 e. The van der Waals surface area contributed by atoms with Gasteiger partial charge in [-0.3, -0.25) is 9.59 Å². The monoisotopic (exact) mass is 408 g/mol. The maximum absolute atomic E-state index is 12.5. The van der Waals surface area contributed by atoms with E-state index in [0.29, 0.717) is 44.8 Å². The van der Waals surface area contributed by atoms with E-state index in [0.717, 1.165) is 17.8 Å². The van der Waals surface area contributed by atoms with Crippen molar-refractivity contribution in [3.05, 3.63) is 52.0 Å². The minimum absolute atomic E-state index is 0. The van der Waals surface area contributed by atoms with Gasteiger partial charge in [-0.05, 0) is 18.4 Å². The molecular weight excluding hydrogens is 384 g/mol. The molecule has 3 rings (SSSR count). The molecule has 1 aromatic heterocycles. The Hall–Kier alpha value is -1.96. The Bertz CT molecular complexity index is 745. The third-order valence-corrected chi connectivity index (χ3v) is 5.44. The van der Waals surface area contributed by atoms with Gasteiger partial charge in [0, 0.05) is 44.5 Å². The van der Waals surface area contributed by atoms with Crippen LogP contribution in [0.2, 0.25) is 0 Å². The minimum atomic E-state index is -0.0721. The topological polar surface area (TPSA) is 79.5 Å². The van der Waals surface area contributed by atoms with Gasteiger partial charge >= 0.3 is 0 Å². The predicted octanol–water partition coefficient (Wildman–Crippen LogP) is 2.33. The van der Waals surface area contributed by atoms with Crippen LogP contribution in [0.25, 0.3) is 0 Å². The maximum atomic E-state index is 12.5. The summed E-state index contributed by atoms with van der Waals surface area (Å²) in [6.07, 6.45) is 2.32. The molecule has 0 bridgehead atoms. The number of aromatic nitrogens is 1. The third kappa shape index (κ3) is 5.76. The normalized spacial score (nSPS) is 14.0. The molecule has 2 amide bonds. The highest BCUT2D eigenvalue weighted by Crippen LogP contribution is 2.14. The fraction of sp³-hybridized carbons (Fsp3) is 0.421. The van der Waals surface area contributed by atoms with Crippen LogP contribution in [0.3, 0.4) is 0 Å². The van der Waals surface area contributed by atoms with Crippen LogP contribution in [0.15, 0.2) is 35.7 Å². The van der Waals surface area contributed by atoms with E-state index in [9.17, 15) is 9.59 Å². The molecule has 1 aliphatic rings. The Kier molecular flexibility index (Phi) is 8.22. The number of aryl methyl sites for hydroxylation is 1. The molecule has 2 N–H and O–H groups in total. The Morgan fingerprint density at radius 2 is 1.74 bits per heavy atom. The van der Waals surface area contributed by atoms with Crippen LogP contribution in [0.4, 0.5) is 0 Å². The molecule has 27 heavy (non-hydrogen) atoms. The van der Waals surface area contributed by atoms with Crippen molar-refractivity contribution in [2.45, 2.75) is 25.8 Å². The summed E-state index contributed by atoms with van der Waals surface area (Å²) in [5.41, 5.74) is 7.27. The Labute approximate surface area is 169 Å². The van der Waals surface area contributed by atoms with Gasteiger partial charge in [0.15, 0.2) is 0 Å². The van der Waals surface area contributed by atoms with Crippen LogP contribution >= 0.6 is 23.7 Å². The number of hydrogen-bond donors (Lipinski definition) is 1. The summed E-state index contributed by atoms with van der Waals surface area (Å²) in [4.78, 5) is 32.7. The van der Waals surface area contributed by atoms with Crippen LogP contribution in [-0.2, 0) is 17.8 Å². The average Bonchev–Trinajstić information content (AvgIpc) is 3.17. The summed E-state index contributed by atoms with van der Waals surface area (Å²) in [5.74, 6) is 0.101. The number of carbonyl (C=O) groups excluding carboxylic acids is 2. The first kappa shape index (κ1) is 21.3. The van der Waals surface area contributed by atoms with E-state index in [1.165, 1.54) is 16.9 Å². The van der Waals surface area contributed by atoms with Crippen LogP contribution in [0.1, 0.15) is 33.9 Å². The quantitative estimate of drug-likeness (QED) is 0.795. The number of hydrogen-bond acceptors (Lipinski definition) is 5. The second-order valence-corrected chi connectivity index (χ2v) is 7.29. The third-order valence-electron chi connectivity index (χ3n) is 4.56. The van der Waals surface area contributed by atoms with Crippen LogP contribution in [0, 0.1) is 0 Å². The first-order valence-corrected chi connectivity index (χ1v) is 9.81. The number of amides is 2. The number of halogens is 1. The van der Waals surface area contributed by atoms with Crippen molar-refractivity contribution in [3.8, 4) is 0 Å². The second-order valence-electron chi connectivity index (χ2n) is 6.34. The van der Waals surface area contributed by atoms with E-state index >= 15 is 0 Å². The summed E-state index contributed by atoms with van der Waals surface area (Å²) in [6.45, 7) is 2.63. The Morgan fingerprint density at radius 1 is 1.07 bits per heavy atom. The van der Waals surface area contributed by atoms with Crippen molar-refractivity contribution < 1.29 is 9.59 Å². The zero-order valence-electron chi connectivity index (χ0n) is 15.2. The highest BCUT2D eigenvalue weighted by molar-refractivity contribution is 7.09. The molecule has 0 unspecified atom stereocenters. The standard InChI is InChI=1S/C19H24N4O2S.ClH/c20-13-17-21-16(14-26-17)19(25)23-11-9-22(10-12-23)18(24)8-4-7-15-5-2-1-3-6-15;/h1-3,5-6,14H,4,7-13,20H2;1H. The Morgan fingerprint density at radius 3 is 2.37 bits per heavy atom. The second kappa shape index (κ2) is 10.4. The molecule has 1 aliphatic heterocycles. The van der Waals surface area contributed by atoms with E-state index in [4.69, 9.17) is 5.73 Å². The Balaban J connectivity index is 0.00000261.